The van der Waals surface area contributed by atoms with Crippen LogP contribution in [0.3, 0.4) is 0 Å². The van der Waals surface area contributed by atoms with Gasteiger partial charge in [-0.3, -0.25) is 0 Å². The first-order chi connectivity index (χ1) is 10.7. The van der Waals surface area contributed by atoms with E-state index < -0.39 is 0 Å². The van der Waals surface area contributed by atoms with E-state index in [2.05, 4.69) is 32.5 Å². The SMILES string of the molecule is CC(C)Nc1c(C#N)nnc2ccc(N3CCOCC3)cc12. The summed E-state index contributed by atoms with van der Waals surface area (Å²) >= 11 is 0. The minimum absolute atomic E-state index is 0.214. The Kier molecular flexibility index (Phi) is 4.07. The molecule has 6 nitrogen and oxygen atoms in total. The summed E-state index contributed by atoms with van der Waals surface area (Å²) in [7, 11) is 0. The van der Waals surface area contributed by atoms with Crippen LogP contribution in [-0.4, -0.2) is 42.5 Å². The van der Waals surface area contributed by atoms with Gasteiger partial charge in [0.15, 0.2) is 5.69 Å². The Morgan fingerprint density at radius 1 is 1.27 bits per heavy atom. The molecule has 0 bridgehead atoms. The van der Waals surface area contributed by atoms with Crippen LogP contribution in [0.5, 0.6) is 0 Å². The Bertz CT molecular complexity index is 716. The van der Waals surface area contributed by atoms with Gasteiger partial charge < -0.3 is 15.0 Å². The average molecular weight is 297 g/mol. The summed E-state index contributed by atoms with van der Waals surface area (Å²) in [5.41, 5.74) is 3.01. The van der Waals surface area contributed by atoms with Crippen molar-refractivity contribution in [2.75, 3.05) is 36.5 Å². The van der Waals surface area contributed by atoms with Crippen LogP contribution in [0.2, 0.25) is 0 Å². The third kappa shape index (κ3) is 2.81. The highest BCUT2D eigenvalue weighted by atomic mass is 16.5. The molecule has 0 spiro atoms. The molecule has 0 saturated carbocycles. The zero-order chi connectivity index (χ0) is 15.5. The summed E-state index contributed by atoms with van der Waals surface area (Å²) in [6, 6.07) is 8.43. The average Bonchev–Trinajstić information content (AvgIpc) is 2.55. The van der Waals surface area contributed by atoms with E-state index in [1.54, 1.807) is 0 Å². The van der Waals surface area contributed by atoms with Crippen molar-refractivity contribution >= 4 is 22.3 Å². The molecule has 1 aliphatic rings. The molecule has 0 aliphatic carbocycles. The minimum atomic E-state index is 0.214. The molecule has 1 aromatic heterocycles. The molecule has 0 unspecified atom stereocenters. The summed E-state index contributed by atoms with van der Waals surface area (Å²) < 4.78 is 5.40. The van der Waals surface area contributed by atoms with E-state index in [0.29, 0.717) is 5.69 Å². The molecule has 1 fully saturated rings. The highest BCUT2D eigenvalue weighted by molar-refractivity contribution is 5.95. The number of fused-ring (bicyclic) bond motifs is 1. The molecule has 1 N–H and O–H groups in total. The van der Waals surface area contributed by atoms with Crippen LogP contribution in [0.25, 0.3) is 10.9 Å². The molecule has 3 rings (SSSR count). The number of nitrogens with one attached hydrogen (secondary N) is 1. The van der Waals surface area contributed by atoms with Crippen LogP contribution in [0.15, 0.2) is 18.2 Å². The topological polar surface area (TPSA) is 74.1 Å². The van der Waals surface area contributed by atoms with Gasteiger partial charge in [-0.1, -0.05) is 0 Å². The lowest BCUT2D eigenvalue weighted by Gasteiger charge is -2.29. The molecule has 0 radical (unpaired) electrons. The third-order valence-electron chi connectivity index (χ3n) is 3.66. The van der Waals surface area contributed by atoms with Gasteiger partial charge in [-0.05, 0) is 32.0 Å². The van der Waals surface area contributed by atoms with Gasteiger partial charge in [0.05, 0.1) is 24.4 Å². The maximum Gasteiger partial charge on any atom is 0.186 e. The zero-order valence-corrected chi connectivity index (χ0v) is 12.8. The van der Waals surface area contributed by atoms with Crippen molar-refractivity contribution < 1.29 is 4.74 Å². The maximum atomic E-state index is 9.29. The smallest absolute Gasteiger partial charge is 0.186 e. The van der Waals surface area contributed by atoms with Gasteiger partial charge in [0.1, 0.15) is 6.07 Å². The minimum Gasteiger partial charge on any atom is -0.380 e. The fourth-order valence-corrected chi connectivity index (χ4v) is 2.62. The van der Waals surface area contributed by atoms with E-state index in [1.807, 2.05) is 26.0 Å². The summed E-state index contributed by atoms with van der Waals surface area (Å²) in [6.07, 6.45) is 0. The molecule has 0 amide bonds. The summed E-state index contributed by atoms with van der Waals surface area (Å²) in [6.45, 7) is 7.32. The number of rotatable bonds is 3. The first-order valence-electron chi connectivity index (χ1n) is 7.49. The van der Waals surface area contributed by atoms with Gasteiger partial charge in [0, 0.05) is 30.2 Å². The van der Waals surface area contributed by atoms with Crippen LogP contribution in [0.4, 0.5) is 11.4 Å². The number of hydrogen-bond donors (Lipinski definition) is 1. The van der Waals surface area contributed by atoms with E-state index in [1.165, 1.54) is 0 Å². The molecule has 2 heterocycles. The molecule has 1 aliphatic heterocycles. The van der Waals surface area contributed by atoms with Crippen molar-refractivity contribution in [3.05, 3.63) is 23.9 Å². The standard InChI is InChI=1S/C16H19N5O/c1-11(2)18-16-13-9-12(21-5-7-22-8-6-21)3-4-14(13)19-20-15(16)10-17/h3-4,9,11H,5-8H2,1-2H3,(H,18,19). The largest absolute Gasteiger partial charge is 0.380 e. The lowest BCUT2D eigenvalue weighted by Crippen LogP contribution is -2.36. The lowest BCUT2D eigenvalue weighted by atomic mass is 10.1. The second kappa shape index (κ2) is 6.16. The Labute approximate surface area is 129 Å². The fourth-order valence-electron chi connectivity index (χ4n) is 2.62. The maximum absolute atomic E-state index is 9.29. The lowest BCUT2D eigenvalue weighted by molar-refractivity contribution is 0.122. The Morgan fingerprint density at radius 3 is 2.73 bits per heavy atom. The molecule has 6 heteroatoms. The Balaban J connectivity index is 2.09. The second-order valence-electron chi connectivity index (χ2n) is 5.64. The zero-order valence-electron chi connectivity index (χ0n) is 12.8. The quantitative estimate of drug-likeness (QED) is 0.936. The Morgan fingerprint density at radius 2 is 2.05 bits per heavy atom. The van der Waals surface area contributed by atoms with Gasteiger partial charge in [-0.2, -0.15) is 5.26 Å². The van der Waals surface area contributed by atoms with Crippen molar-refractivity contribution in [2.45, 2.75) is 19.9 Å². The number of nitriles is 1. The van der Waals surface area contributed by atoms with Gasteiger partial charge in [-0.15, -0.1) is 10.2 Å². The number of nitrogens with zero attached hydrogens (tertiary/aromatic N) is 4. The van der Waals surface area contributed by atoms with Crippen LogP contribution in [0, 0.1) is 11.3 Å². The number of anilines is 2. The third-order valence-corrected chi connectivity index (χ3v) is 3.66. The molecular formula is C16H19N5O. The van der Waals surface area contributed by atoms with Gasteiger partial charge >= 0.3 is 0 Å². The summed E-state index contributed by atoms with van der Waals surface area (Å²) in [4.78, 5) is 2.29. The number of aromatic nitrogens is 2. The molecule has 22 heavy (non-hydrogen) atoms. The summed E-state index contributed by atoms with van der Waals surface area (Å²) in [5.74, 6) is 0. The van der Waals surface area contributed by atoms with E-state index in [4.69, 9.17) is 4.74 Å². The van der Waals surface area contributed by atoms with E-state index in [9.17, 15) is 5.26 Å². The number of benzene rings is 1. The number of hydrogen-bond acceptors (Lipinski definition) is 6. The first kappa shape index (κ1) is 14.5. The highest BCUT2D eigenvalue weighted by Crippen LogP contribution is 2.29. The summed E-state index contributed by atoms with van der Waals surface area (Å²) in [5, 5.41) is 21.7. The molecule has 114 valence electrons. The van der Waals surface area contributed by atoms with Crippen LogP contribution >= 0.6 is 0 Å². The molecule has 2 aromatic rings. The monoisotopic (exact) mass is 297 g/mol. The predicted molar refractivity (Wildman–Crippen MR) is 86.0 cm³/mol. The molecule has 1 aromatic carbocycles. The number of ether oxygens (including phenoxy) is 1. The van der Waals surface area contributed by atoms with Crippen LogP contribution in [0.1, 0.15) is 19.5 Å². The van der Waals surface area contributed by atoms with Crippen molar-refractivity contribution in [3.8, 4) is 6.07 Å². The first-order valence-corrected chi connectivity index (χ1v) is 7.49. The van der Waals surface area contributed by atoms with E-state index in [-0.39, 0.29) is 6.04 Å². The van der Waals surface area contributed by atoms with Crippen molar-refractivity contribution in [3.63, 3.8) is 0 Å². The van der Waals surface area contributed by atoms with E-state index in [0.717, 1.165) is 48.6 Å². The normalized spacial score (nSPS) is 15.1. The van der Waals surface area contributed by atoms with Gasteiger partial charge in [-0.25, -0.2) is 0 Å². The van der Waals surface area contributed by atoms with Crippen molar-refractivity contribution in [2.24, 2.45) is 0 Å². The molecule has 1 saturated heterocycles. The highest BCUT2D eigenvalue weighted by Gasteiger charge is 2.15. The van der Waals surface area contributed by atoms with Crippen LogP contribution < -0.4 is 10.2 Å². The van der Waals surface area contributed by atoms with Crippen molar-refractivity contribution in [1.82, 2.24) is 10.2 Å². The number of morpholine rings is 1. The fraction of sp³-hybridized carbons (Fsp3) is 0.438. The predicted octanol–water partition coefficient (Wildman–Crippen LogP) is 2.16. The van der Waals surface area contributed by atoms with Crippen molar-refractivity contribution in [1.29, 1.82) is 5.26 Å². The Hall–Kier alpha value is -2.39. The van der Waals surface area contributed by atoms with Crippen LogP contribution in [-0.2, 0) is 4.74 Å². The van der Waals surface area contributed by atoms with Gasteiger partial charge in [0.2, 0.25) is 0 Å². The molecule has 0 atom stereocenters. The van der Waals surface area contributed by atoms with Gasteiger partial charge in [0.25, 0.3) is 0 Å². The van der Waals surface area contributed by atoms with E-state index >= 15 is 0 Å². The molecular weight excluding hydrogens is 278 g/mol. The second-order valence-corrected chi connectivity index (χ2v) is 5.64.